The molecule has 106 valence electrons. The van der Waals surface area contributed by atoms with E-state index in [0.717, 1.165) is 18.5 Å². The van der Waals surface area contributed by atoms with Crippen molar-refractivity contribution in [3.05, 3.63) is 30.3 Å². The van der Waals surface area contributed by atoms with E-state index in [-0.39, 0.29) is 0 Å². The SMILES string of the molecule is CCCCC(CC)COC(=O)NNc1ccccc1. The van der Waals surface area contributed by atoms with Gasteiger partial charge in [-0.25, -0.2) is 10.2 Å². The van der Waals surface area contributed by atoms with Crippen LogP contribution in [0.2, 0.25) is 0 Å². The summed E-state index contributed by atoms with van der Waals surface area (Å²) in [6, 6.07) is 9.45. The lowest BCUT2D eigenvalue weighted by Crippen LogP contribution is -2.31. The molecule has 0 saturated heterocycles. The van der Waals surface area contributed by atoms with Crippen molar-refractivity contribution in [1.82, 2.24) is 5.43 Å². The van der Waals surface area contributed by atoms with Gasteiger partial charge < -0.3 is 4.74 Å². The van der Waals surface area contributed by atoms with Gasteiger partial charge in [0.05, 0.1) is 12.3 Å². The lowest BCUT2D eigenvalue weighted by Gasteiger charge is -2.15. The molecule has 0 aliphatic carbocycles. The standard InChI is InChI=1S/C15H24N2O2/c1-3-5-9-13(4-2)12-19-15(18)17-16-14-10-7-6-8-11-14/h6-8,10-11,13,16H,3-5,9,12H2,1-2H3,(H,17,18). The molecule has 4 nitrogen and oxygen atoms in total. The molecule has 1 aromatic rings. The molecule has 19 heavy (non-hydrogen) atoms. The minimum absolute atomic E-state index is 0.432. The normalized spacial score (nSPS) is 11.7. The van der Waals surface area contributed by atoms with Crippen LogP contribution in [0, 0.1) is 5.92 Å². The Hall–Kier alpha value is -1.71. The summed E-state index contributed by atoms with van der Waals surface area (Å²) < 4.78 is 5.20. The fraction of sp³-hybridized carbons (Fsp3) is 0.533. The molecular weight excluding hydrogens is 240 g/mol. The van der Waals surface area contributed by atoms with E-state index in [1.807, 2.05) is 30.3 Å². The summed E-state index contributed by atoms with van der Waals surface area (Å²) in [5.74, 6) is 0.461. The molecule has 0 heterocycles. The molecule has 0 bridgehead atoms. The van der Waals surface area contributed by atoms with Crippen LogP contribution in [0.5, 0.6) is 0 Å². The summed E-state index contributed by atoms with van der Waals surface area (Å²) >= 11 is 0. The maximum Gasteiger partial charge on any atom is 0.425 e. The van der Waals surface area contributed by atoms with Crippen molar-refractivity contribution >= 4 is 11.8 Å². The van der Waals surface area contributed by atoms with E-state index in [1.165, 1.54) is 12.8 Å². The number of carbonyl (C=O) groups is 1. The predicted molar refractivity (Wildman–Crippen MR) is 77.9 cm³/mol. The topological polar surface area (TPSA) is 50.4 Å². The largest absolute Gasteiger partial charge is 0.448 e. The molecule has 0 spiro atoms. The van der Waals surface area contributed by atoms with Crippen molar-refractivity contribution in [2.24, 2.45) is 5.92 Å². The Morgan fingerprint density at radius 2 is 2.00 bits per heavy atom. The van der Waals surface area contributed by atoms with E-state index in [9.17, 15) is 4.79 Å². The molecule has 2 N–H and O–H groups in total. The van der Waals surface area contributed by atoms with Gasteiger partial charge in [-0.1, -0.05) is 51.3 Å². The first-order chi connectivity index (χ1) is 9.26. The Morgan fingerprint density at radius 1 is 1.26 bits per heavy atom. The molecular formula is C15H24N2O2. The predicted octanol–water partition coefficient (Wildman–Crippen LogP) is 3.96. The zero-order valence-electron chi connectivity index (χ0n) is 11.8. The maximum absolute atomic E-state index is 11.5. The number of amides is 1. The smallest absolute Gasteiger partial charge is 0.425 e. The zero-order chi connectivity index (χ0) is 13.9. The Morgan fingerprint density at radius 3 is 2.63 bits per heavy atom. The highest BCUT2D eigenvalue weighted by atomic mass is 16.6. The van der Waals surface area contributed by atoms with Crippen molar-refractivity contribution in [3.63, 3.8) is 0 Å². The molecule has 1 atom stereocenters. The third-order valence-electron chi connectivity index (χ3n) is 3.08. The Kier molecular flexibility index (Phi) is 7.47. The van der Waals surface area contributed by atoms with Crippen LogP contribution in [-0.4, -0.2) is 12.7 Å². The molecule has 1 amide bonds. The Bertz CT molecular complexity index is 354. The van der Waals surface area contributed by atoms with Gasteiger partial charge in [0, 0.05) is 0 Å². The molecule has 0 fully saturated rings. The second-order valence-corrected chi connectivity index (χ2v) is 4.63. The Labute approximate surface area is 115 Å². The highest BCUT2D eigenvalue weighted by Gasteiger charge is 2.09. The van der Waals surface area contributed by atoms with Crippen LogP contribution >= 0.6 is 0 Å². The van der Waals surface area contributed by atoms with Crippen LogP contribution in [0.15, 0.2) is 30.3 Å². The van der Waals surface area contributed by atoms with E-state index in [0.29, 0.717) is 12.5 Å². The van der Waals surface area contributed by atoms with Gasteiger partial charge in [0.2, 0.25) is 0 Å². The molecule has 1 unspecified atom stereocenters. The van der Waals surface area contributed by atoms with Crippen LogP contribution in [-0.2, 0) is 4.74 Å². The number of hydrogen-bond donors (Lipinski definition) is 2. The van der Waals surface area contributed by atoms with Gasteiger partial charge >= 0.3 is 6.09 Å². The quantitative estimate of drug-likeness (QED) is 0.699. The van der Waals surface area contributed by atoms with Crippen molar-refractivity contribution in [1.29, 1.82) is 0 Å². The summed E-state index contributed by atoms with van der Waals surface area (Å²) in [5.41, 5.74) is 6.16. The summed E-state index contributed by atoms with van der Waals surface area (Å²) in [6.45, 7) is 4.78. The van der Waals surface area contributed by atoms with Gasteiger partial charge in [-0.05, 0) is 24.5 Å². The van der Waals surface area contributed by atoms with E-state index < -0.39 is 6.09 Å². The Balaban J connectivity index is 2.20. The summed E-state index contributed by atoms with van der Waals surface area (Å²) in [7, 11) is 0. The first kappa shape index (κ1) is 15.3. The van der Waals surface area contributed by atoms with Crippen LogP contribution < -0.4 is 10.9 Å². The number of ether oxygens (including phenoxy) is 1. The minimum Gasteiger partial charge on any atom is -0.448 e. The minimum atomic E-state index is -0.432. The first-order valence-electron chi connectivity index (χ1n) is 7.00. The first-order valence-corrected chi connectivity index (χ1v) is 7.00. The number of nitrogens with one attached hydrogen (secondary N) is 2. The van der Waals surface area contributed by atoms with E-state index in [4.69, 9.17) is 4.74 Å². The summed E-state index contributed by atoms with van der Waals surface area (Å²) in [4.78, 5) is 11.5. The van der Waals surface area contributed by atoms with Gasteiger partial charge in [-0.15, -0.1) is 0 Å². The lowest BCUT2D eigenvalue weighted by atomic mass is 10.0. The van der Waals surface area contributed by atoms with Gasteiger partial charge in [0.15, 0.2) is 0 Å². The number of unbranched alkanes of at least 4 members (excludes halogenated alkanes) is 1. The number of hydrazine groups is 1. The average molecular weight is 264 g/mol. The maximum atomic E-state index is 11.5. The van der Waals surface area contributed by atoms with Gasteiger partial charge in [0.1, 0.15) is 0 Å². The number of hydrogen-bond acceptors (Lipinski definition) is 3. The van der Waals surface area contributed by atoms with E-state index >= 15 is 0 Å². The van der Waals surface area contributed by atoms with Crippen molar-refractivity contribution in [2.45, 2.75) is 39.5 Å². The zero-order valence-corrected chi connectivity index (χ0v) is 11.8. The number of rotatable bonds is 8. The molecule has 0 aromatic heterocycles. The number of benzene rings is 1. The summed E-state index contributed by atoms with van der Waals surface area (Å²) in [5, 5.41) is 0. The highest BCUT2D eigenvalue weighted by Crippen LogP contribution is 2.12. The van der Waals surface area contributed by atoms with Crippen molar-refractivity contribution in [3.8, 4) is 0 Å². The average Bonchev–Trinajstić information content (AvgIpc) is 2.46. The monoisotopic (exact) mass is 264 g/mol. The second kappa shape index (κ2) is 9.25. The van der Waals surface area contributed by atoms with E-state index in [2.05, 4.69) is 24.7 Å². The van der Waals surface area contributed by atoms with Crippen molar-refractivity contribution in [2.75, 3.05) is 12.0 Å². The molecule has 0 radical (unpaired) electrons. The fourth-order valence-electron chi connectivity index (χ4n) is 1.77. The third-order valence-corrected chi connectivity index (χ3v) is 3.08. The number of anilines is 1. The molecule has 1 rings (SSSR count). The molecule has 4 heteroatoms. The van der Waals surface area contributed by atoms with Crippen LogP contribution in [0.4, 0.5) is 10.5 Å². The van der Waals surface area contributed by atoms with Gasteiger partial charge in [-0.3, -0.25) is 5.43 Å². The number of para-hydroxylation sites is 1. The second-order valence-electron chi connectivity index (χ2n) is 4.63. The fourth-order valence-corrected chi connectivity index (χ4v) is 1.77. The molecule has 0 aliphatic rings. The lowest BCUT2D eigenvalue weighted by molar-refractivity contribution is 0.124. The summed E-state index contributed by atoms with van der Waals surface area (Å²) in [6.07, 6.45) is 4.09. The number of carbonyl (C=O) groups excluding carboxylic acids is 1. The van der Waals surface area contributed by atoms with Gasteiger partial charge in [0.25, 0.3) is 0 Å². The molecule has 0 aliphatic heterocycles. The molecule has 1 aromatic carbocycles. The van der Waals surface area contributed by atoms with Crippen LogP contribution in [0.3, 0.4) is 0 Å². The van der Waals surface area contributed by atoms with Crippen LogP contribution in [0.1, 0.15) is 39.5 Å². The van der Waals surface area contributed by atoms with E-state index in [1.54, 1.807) is 0 Å². The van der Waals surface area contributed by atoms with Crippen LogP contribution in [0.25, 0.3) is 0 Å². The highest BCUT2D eigenvalue weighted by molar-refractivity contribution is 5.69. The molecule has 0 saturated carbocycles. The van der Waals surface area contributed by atoms with Crippen molar-refractivity contribution < 1.29 is 9.53 Å². The third kappa shape index (κ3) is 6.70. The van der Waals surface area contributed by atoms with Gasteiger partial charge in [-0.2, -0.15) is 0 Å².